The molecule has 104 valence electrons. The molecule has 0 aliphatic heterocycles. The summed E-state index contributed by atoms with van der Waals surface area (Å²) in [5.41, 5.74) is 1.04. The first-order chi connectivity index (χ1) is 9.53. The van der Waals surface area contributed by atoms with Crippen molar-refractivity contribution in [3.8, 4) is 0 Å². The maximum atomic E-state index is 12.3. The summed E-state index contributed by atoms with van der Waals surface area (Å²) in [5, 5.41) is 2.51. The third-order valence-electron chi connectivity index (χ3n) is 2.88. The second-order valence-corrected chi connectivity index (χ2v) is 6.34. The Kier molecular flexibility index (Phi) is 4.20. The third kappa shape index (κ3) is 3.24. The van der Waals surface area contributed by atoms with Crippen LogP contribution in [0.25, 0.3) is 0 Å². The molecule has 0 unspecified atom stereocenters. The van der Waals surface area contributed by atoms with Crippen LogP contribution in [-0.4, -0.2) is 21.4 Å². The van der Waals surface area contributed by atoms with Crippen LogP contribution >= 0.6 is 0 Å². The van der Waals surface area contributed by atoms with Crippen LogP contribution in [0.4, 0.5) is 0 Å². The zero-order chi connectivity index (χ0) is 14.6. The molecular weight excluding hydrogens is 274 g/mol. The van der Waals surface area contributed by atoms with Gasteiger partial charge in [0.15, 0.2) is 9.84 Å². The van der Waals surface area contributed by atoms with E-state index in [-0.39, 0.29) is 16.6 Å². The highest BCUT2D eigenvalue weighted by atomic mass is 32.2. The molecule has 0 bridgehead atoms. The highest BCUT2D eigenvalue weighted by Crippen LogP contribution is 2.16. The minimum atomic E-state index is -3.39. The molecule has 5 heteroatoms. The van der Waals surface area contributed by atoms with E-state index in [1.807, 2.05) is 0 Å². The number of carbonyl (C=O) groups excluding carboxylic acids is 1. The van der Waals surface area contributed by atoms with E-state index in [0.717, 1.165) is 0 Å². The van der Waals surface area contributed by atoms with Crippen molar-refractivity contribution < 1.29 is 13.2 Å². The lowest BCUT2D eigenvalue weighted by Crippen LogP contribution is -2.18. The number of carbonyl (C=O) groups is 1. The second-order valence-electron chi connectivity index (χ2n) is 4.35. The summed E-state index contributed by atoms with van der Waals surface area (Å²) in [6.45, 7) is 0. The third-order valence-corrected chi connectivity index (χ3v) is 4.58. The molecule has 0 spiro atoms. The largest absolute Gasteiger partial charge is 0.355 e. The first-order valence-electron chi connectivity index (χ1n) is 6.12. The Hall–Kier alpha value is -2.14. The van der Waals surface area contributed by atoms with Crippen LogP contribution in [0.2, 0.25) is 0 Å². The molecule has 0 fully saturated rings. The van der Waals surface area contributed by atoms with Gasteiger partial charge in [0.25, 0.3) is 5.91 Å². The first kappa shape index (κ1) is 14.3. The molecule has 2 aromatic rings. The van der Waals surface area contributed by atoms with E-state index in [4.69, 9.17) is 0 Å². The first-order valence-corrected chi connectivity index (χ1v) is 7.77. The molecule has 0 aliphatic rings. The Morgan fingerprint density at radius 1 is 1.05 bits per heavy atom. The van der Waals surface area contributed by atoms with E-state index >= 15 is 0 Å². The topological polar surface area (TPSA) is 63.2 Å². The van der Waals surface area contributed by atoms with Gasteiger partial charge in [-0.2, -0.15) is 0 Å². The van der Waals surface area contributed by atoms with Gasteiger partial charge < -0.3 is 5.32 Å². The highest BCUT2D eigenvalue weighted by Gasteiger charge is 2.15. The Bertz CT molecular complexity index is 709. The van der Waals surface area contributed by atoms with Crippen LogP contribution in [0.3, 0.4) is 0 Å². The van der Waals surface area contributed by atoms with Crippen LogP contribution < -0.4 is 5.32 Å². The van der Waals surface area contributed by atoms with Gasteiger partial charge in [-0.3, -0.25) is 4.79 Å². The van der Waals surface area contributed by atoms with Gasteiger partial charge in [-0.1, -0.05) is 30.3 Å². The minimum Gasteiger partial charge on any atom is -0.355 e. The van der Waals surface area contributed by atoms with Gasteiger partial charge in [0, 0.05) is 12.6 Å². The van der Waals surface area contributed by atoms with Crippen LogP contribution in [-0.2, 0) is 15.6 Å². The minimum absolute atomic E-state index is 0.123. The van der Waals surface area contributed by atoms with Crippen molar-refractivity contribution in [2.24, 2.45) is 0 Å². The van der Waals surface area contributed by atoms with Crippen molar-refractivity contribution in [2.45, 2.75) is 10.6 Å². The number of sulfone groups is 1. The summed E-state index contributed by atoms with van der Waals surface area (Å²) >= 11 is 0. The summed E-state index contributed by atoms with van der Waals surface area (Å²) in [6, 6.07) is 14.9. The fourth-order valence-electron chi connectivity index (χ4n) is 1.88. The number of hydrogen-bond acceptors (Lipinski definition) is 3. The van der Waals surface area contributed by atoms with E-state index in [1.54, 1.807) is 54.6 Å². The van der Waals surface area contributed by atoms with Crippen molar-refractivity contribution in [1.29, 1.82) is 0 Å². The molecule has 0 aromatic heterocycles. The summed E-state index contributed by atoms with van der Waals surface area (Å²) < 4.78 is 24.5. The van der Waals surface area contributed by atoms with Crippen molar-refractivity contribution >= 4 is 15.7 Å². The van der Waals surface area contributed by atoms with Gasteiger partial charge in [-0.05, 0) is 29.8 Å². The number of benzene rings is 2. The van der Waals surface area contributed by atoms with E-state index in [1.165, 1.54) is 7.05 Å². The fourth-order valence-corrected chi connectivity index (χ4v) is 3.23. The van der Waals surface area contributed by atoms with E-state index < -0.39 is 9.84 Å². The summed E-state index contributed by atoms with van der Waals surface area (Å²) in [7, 11) is -1.86. The van der Waals surface area contributed by atoms with Crippen LogP contribution in [0.1, 0.15) is 15.9 Å². The van der Waals surface area contributed by atoms with Crippen molar-refractivity contribution in [2.75, 3.05) is 7.05 Å². The molecule has 0 atom stereocenters. The Balaban J connectivity index is 2.29. The van der Waals surface area contributed by atoms with Gasteiger partial charge in [0.05, 0.1) is 10.6 Å². The monoisotopic (exact) mass is 289 g/mol. The zero-order valence-corrected chi connectivity index (χ0v) is 11.9. The molecule has 20 heavy (non-hydrogen) atoms. The summed E-state index contributed by atoms with van der Waals surface area (Å²) in [5.74, 6) is -0.356. The molecule has 1 amide bonds. The maximum Gasteiger partial charge on any atom is 0.251 e. The standard InChI is InChI=1S/C15H15NO3S/c1-16-15(17)13-7-5-6-12(10-13)11-20(18,19)14-8-3-2-4-9-14/h2-10H,11H2,1H3,(H,16,17). The van der Waals surface area contributed by atoms with Crippen LogP contribution in [0.15, 0.2) is 59.5 Å². The highest BCUT2D eigenvalue weighted by molar-refractivity contribution is 7.90. The smallest absolute Gasteiger partial charge is 0.251 e. The second kappa shape index (κ2) is 5.88. The summed E-state index contributed by atoms with van der Waals surface area (Å²) in [4.78, 5) is 11.8. The van der Waals surface area contributed by atoms with Crippen LogP contribution in [0.5, 0.6) is 0 Å². The molecule has 2 aromatic carbocycles. The van der Waals surface area contributed by atoms with Gasteiger partial charge >= 0.3 is 0 Å². The number of nitrogens with one attached hydrogen (secondary N) is 1. The molecule has 4 nitrogen and oxygen atoms in total. The van der Waals surface area contributed by atoms with Crippen LogP contribution in [0, 0.1) is 0 Å². The Labute approximate surface area is 118 Å². The molecule has 0 saturated carbocycles. The van der Waals surface area contributed by atoms with Gasteiger partial charge in [0.1, 0.15) is 0 Å². The Morgan fingerprint density at radius 3 is 2.40 bits per heavy atom. The number of hydrogen-bond donors (Lipinski definition) is 1. The average molecular weight is 289 g/mol. The summed E-state index contributed by atoms with van der Waals surface area (Å²) in [6.07, 6.45) is 0. The van der Waals surface area contributed by atoms with Gasteiger partial charge in [-0.15, -0.1) is 0 Å². The molecule has 2 rings (SSSR count). The molecule has 0 heterocycles. The molecule has 0 saturated heterocycles. The fraction of sp³-hybridized carbons (Fsp3) is 0.133. The predicted molar refractivity (Wildman–Crippen MR) is 77.2 cm³/mol. The van der Waals surface area contributed by atoms with E-state index in [2.05, 4.69) is 5.32 Å². The van der Waals surface area contributed by atoms with Gasteiger partial charge in [0.2, 0.25) is 0 Å². The normalized spacial score (nSPS) is 11.1. The van der Waals surface area contributed by atoms with E-state index in [0.29, 0.717) is 11.1 Å². The molecule has 0 radical (unpaired) electrons. The Morgan fingerprint density at radius 2 is 1.75 bits per heavy atom. The SMILES string of the molecule is CNC(=O)c1cccc(CS(=O)(=O)c2ccccc2)c1. The lowest BCUT2D eigenvalue weighted by atomic mass is 10.1. The average Bonchev–Trinajstić information content (AvgIpc) is 2.47. The maximum absolute atomic E-state index is 12.3. The molecule has 1 N–H and O–H groups in total. The number of rotatable bonds is 4. The zero-order valence-electron chi connectivity index (χ0n) is 11.0. The lowest BCUT2D eigenvalue weighted by molar-refractivity contribution is 0.0963. The van der Waals surface area contributed by atoms with Crippen molar-refractivity contribution in [3.63, 3.8) is 0 Å². The predicted octanol–water partition coefficient (Wildman–Crippen LogP) is 2.02. The van der Waals surface area contributed by atoms with E-state index in [9.17, 15) is 13.2 Å². The molecular formula is C15H15NO3S. The lowest BCUT2D eigenvalue weighted by Gasteiger charge is -2.06. The number of amides is 1. The molecule has 0 aliphatic carbocycles. The van der Waals surface area contributed by atoms with Crippen molar-refractivity contribution in [1.82, 2.24) is 5.32 Å². The quantitative estimate of drug-likeness (QED) is 0.936. The van der Waals surface area contributed by atoms with Gasteiger partial charge in [-0.25, -0.2) is 8.42 Å². The van der Waals surface area contributed by atoms with Crippen molar-refractivity contribution in [3.05, 3.63) is 65.7 Å².